The SMILES string of the molecule is c1ccc(-c2cn3nc4c5cccc6cccc(c4nc3n2)c65)cc1. The van der Waals surface area contributed by atoms with Crippen molar-refractivity contribution < 1.29 is 0 Å². The van der Waals surface area contributed by atoms with Crippen molar-refractivity contribution in [3.8, 4) is 11.3 Å². The molecule has 0 aliphatic heterocycles. The molecule has 25 heavy (non-hydrogen) atoms. The van der Waals surface area contributed by atoms with Crippen LogP contribution in [0.4, 0.5) is 0 Å². The van der Waals surface area contributed by atoms with Gasteiger partial charge in [-0.3, -0.25) is 0 Å². The maximum Gasteiger partial charge on any atom is 0.251 e. The van der Waals surface area contributed by atoms with E-state index in [1.807, 2.05) is 36.5 Å². The van der Waals surface area contributed by atoms with E-state index < -0.39 is 0 Å². The van der Waals surface area contributed by atoms with Crippen LogP contribution in [0.3, 0.4) is 0 Å². The van der Waals surface area contributed by atoms with E-state index >= 15 is 0 Å². The molecule has 0 aliphatic carbocycles. The topological polar surface area (TPSA) is 43.1 Å². The lowest BCUT2D eigenvalue weighted by atomic mass is 10.1. The summed E-state index contributed by atoms with van der Waals surface area (Å²) in [5.74, 6) is 0.627. The van der Waals surface area contributed by atoms with E-state index in [2.05, 4.69) is 41.4 Å². The number of benzene rings is 3. The first-order valence-electron chi connectivity index (χ1n) is 8.24. The fourth-order valence-corrected chi connectivity index (χ4v) is 3.67. The van der Waals surface area contributed by atoms with Crippen molar-refractivity contribution in [3.05, 3.63) is 72.9 Å². The summed E-state index contributed by atoms with van der Waals surface area (Å²) in [5, 5.41) is 9.57. The monoisotopic (exact) mass is 320 g/mol. The zero-order chi connectivity index (χ0) is 16.4. The van der Waals surface area contributed by atoms with Gasteiger partial charge in [0.25, 0.3) is 5.78 Å². The summed E-state index contributed by atoms with van der Waals surface area (Å²) >= 11 is 0. The highest BCUT2D eigenvalue weighted by Gasteiger charge is 2.16. The number of rotatable bonds is 1. The fraction of sp³-hybridized carbons (Fsp3) is 0. The van der Waals surface area contributed by atoms with E-state index in [9.17, 15) is 0 Å². The standard InChI is InChI=1S/C21H12N4/c1-2-6-13(7-3-1)17-12-25-21(22-17)23-19-15-10-4-8-14-9-5-11-16(18(14)15)20(19)24-25/h1-12H. The lowest BCUT2D eigenvalue weighted by molar-refractivity contribution is 0.947. The maximum atomic E-state index is 4.83. The summed E-state index contributed by atoms with van der Waals surface area (Å²) in [7, 11) is 0. The molecule has 0 aliphatic rings. The Balaban J connectivity index is 1.74. The average Bonchev–Trinajstić information content (AvgIpc) is 3.22. The van der Waals surface area contributed by atoms with Crippen LogP contribution in [0, 0.1) is 0 Å². The molecule has 4 aromatic carbocycles. The third kappa shape index (κ3) is 1.68. The fourth-order valence-electron chi connectivity index (χ4n) is 3.67. The van der Waals surface area contributed by atoms with E-state index in [-0.39, 0.29) is 0 Å². The Labute approximate surface area is 142 Å². The molecule has 0 spiro atoms. The van der Waals surface area contributed by atoms with Crippen LogP contribution >= 0.6 is 0 Å². The highest BCUT2D eigenvalue weighted by molar-refractivity contribution is 6.27. The largest absolute Gasteiger partial charge is 0.251 e. The summed E-state index contributed by atoms with van der Waals surface area (Å²) in [6.45, 7) is 0. The average molecular weight is 320 g/mol. The van der Waals surface area contributed by atoms with Crippen molar-refractivity contribution in [1.82, 2.24) is 19.6 Å². The van der Waals surface area contributed by atoms with Crippen molar-refractivity contribution in [1.29, 1.82) is 0 Å². The quantitative estimate of drug-likeness (QED) is 0.441. The molecule has 2 aromatic heterocycles. The summed E-state index contributed by atoms with van der Waals surface area (Å²) < 4.78 is 1.78. The van der Waals surface area contributed by atoms with Crippen LogP contribution in [0.1, 0.15) is 0 Å². The molecule has 4 nitrogen and oxygen atoms in total. The molecule has 0 radical (unpaired) electrons. The van der Waals surface area contributed by atoms with E-state index in [1.54, 1.807) is 4.52 Å². The Morgan fingerprint density at radius 1 is 0.680 bits per heavy atom. The van der Waals surface area contributed by atoms with Gasteiger partial charge in [0.05, 0.1) is 11.9 Å². The number of imidazole rings is 1. The Kier molecular flexibility index (Phi) is 2.32. The molecule has 4 heteroatoms. The highest BCUT2D eigenvalue weighted by Crippen LogP contribution is 2.36. The number of hydrogen-bond acceptors (Lipinski definition) is 3. The molecule has 0 bridgehead atoms. The number of hydrogen-bond donors (Lipinski definition) is 0. The van der Waals surface area contributed by atoms with Crippen molar-refractivity contribution in [2.45, 2.75) is 0 Å². The first-order chi connectivity index (χ1) is 12.4. The van der Waals surface area contributed by atoms with Crippen LogP contribution < -0.4 is 0 Å². The van der Waals surface area contributed by atoms with Gasteiger partial charge in [-0.15, -0.1) is 0 Å². The lowest BCUT2D eigenvalue weighted by Gasteiger charge is -1.96. The van der Waals surface area contributed by atoms with Crippen LogP contribution in [-0.2, 0) is 0 Å². The van der Waals surface area contributed by atoms with Crippen molar-refractivity contribution in [2.75, 3.05) is 0 Å². The van der Waals surface area contributed by atoms with E-state index in [0.29, 0.717) is 5.78 Å². The first-order valence-corrected chi connectivity index (χ1v) is 8.24. The van der Waals surface area contributed by atoms with Gasteiger partial charge in [-0.25, -0.2) is 14.5 Å². The predicted molar refractivity (Wildman–Crippen MR) is 99.9 cm³/mol. The van der Waals surface area contributed by atoms with E-state index in [4.69, 9.17) is 10.1 Å². The molecule has 6 rings (SSSR count). The van der Waals surface area contributed by atoms with E-state index in [0.717, 1.165) is 33.1 Å². The van der Waals surface area contributed by atoms with Crippen molar-refractivity contribution in [3.63, 3.8) is 0 Å². The zero-order valence-corrected chi connectivity index (χ0v) is 13.2. The van der Waals surface area contributed by atoms with Crippen molar-refractivity contribution >= 4 is 38.4 Å². The van der Waals surface area contributed by atoms with Gasteiger partial charge in [0.2, 0.25) is 0 Å². The molecule has 0 unspecified atom stereocenters. The van der Waals surface area contributed by atoms with Gasteiger partial charge < -0.3 is 0 Å². The van der Waals surface area contributed by atoms with Crippen LogP contribution in [0.2, 0.25) is 0 Å². The molecule has 0 amide bonds. The molecule has 0 N–H and O–H groups in total. The maximum absolute atomic E-state index is 4.83. The smallest absolute Gasteiger partial charge is 0.209 e. The van der Waals surface area contributed by atoms with Gasteiger partial charge in [-0.2, -0.15) is 5.10 Å². The summed E-state index contributed by atoms with van der Waals surface area (Å²) in [6.07, 6.45) is 1.95. The van der Waals surface area contributed by atoms with Gasteiger partial charge in [-0.05, 0) is 5.39 Å². The highest BCUT2D eigenvalue weighted by atomic mass is 15.3. The van der Waals surface area contributed by atoms with Gasteiger partial charge >= 0.3 is 0 Å². The molecular formula is C21H12N4. The van der Waals surface area contributed by atoms with Crippen LogP contribution in [0.15, 0.2) is 72.9 Å². The van der Waals surface area contributed by atoms with Crippen LogP contribution in [-0.4, -0.2) is 19.6 Å². The second kappa shape index (κ2) is 4.51. The molecule has 0 saturated heterocycles. The summed E-state index contributed by atoms with van der Waals surface area (Å²) in [6, 6.07) is 22.8. The number of aromatic nitrogens is 4. The third-order valence-corrected chi connectivity index (χ3v) is 4.80. The molecule has 6 aromatic rings. The second-order valence-corrected chi connectivity index (χ2v) is 6.26. The van der Waals surface area contributed by atoms with Gasteiger partial charge in [0.15, 0.2) is 0 Å². The second-order valence-electron chi connectivity index (χ2n) is 6.26. The minimum absolute atomic E-state index is 0.627. The number of fused-ring (bicyclic) bond motifs is 4. The minimum atomic E-state index is 0.627. The molecule has 0 saturated carbocycles. The molecule has 2 heterocycles. The molecule has 0 atom stereocenters. The Morgan fingerprint density at radius 3 is 2.24 bits per heavy atom. The van der Waals surface area contributed by atoms with Crippen LogP contribution in [0.5, 0.6) is 0 Å². The Morgan fingerprint density at radius 2 is 1.44 bits per heavy atom. The summed E-state index contributed by atoms with van der Waals surface area (Å²) in [5.41, 5.74) is 3.80. The van der Waals surface area contributed by atoms with E-state index in [1.165, 1.54) is 10.8 Å². The number of nitrogens with zero attached hydrogens (tertiary/aromatic N) is 4. The first kappa shape index (κ1) is 12.8. The lowest BCUT2D eigenvalue weighted by Crippen LogP contribution is -1.93. The van der Waals surface area contributed by atoms with Gasteiger partial charge in [0.1, 0.15) is 11.0 Å². The van der Waals surface area contributed by atoms with Gasteiger partial charge in [-0.1, -0.05) is 66.7 Å². The summed E-state index contributed by atoms with van der Waals surface area (Å²) in [4.78, 5) is 9.51. The normalized spacial score (nSPS) is 12.0. The van der Waals surface area contributed by atoms with Crippen molar-refractivity contribution in [2.24, 2.45) is 0 Å². The predicted octanol–water partition coefficient (Wildman–Crippen LogP) is 4.69. The zero-order valence-electron chi connectivity index (χ0n) is 13.2. The minimum Gasteiger partial charge on any atom is -0.209 e. The van der Waals surface area contributed by atoms with Crippen LogP contribution in [0.25, 0.3) is 49.6 Å². The molecule has 0 fully saturated rings. The molecule has 116 valence electrons. The van der Waals surface area contributed by atoms with Gasteiger partial charge in [0, 0.05) is 21.7 Å². The Hall–Kier alpha value is -3.53. The Bertz CT molecular complexity index is 1300. The third-order valence-electron chi connectivity index (χ3n) is 4.80. The molecular weight excluding hydrogens is 308 g/mol.